The van der Waals surface area contributed by atoms with E-state index in [2.05, 4.69) is 21.4 Å². The van der Waals surface area contributed by atoms with Gasteiger partial charge < -0.3 is 24.5 Å². The summed E-state index contributed by atoms with van der Waals surface area (Å²) < 4.78 is 13.2. The van der Waals surface area contributed by atoms with Gasteiger partial charge >= 0.3 is 0 Å². The topological polar surface area (TPSA) is 97.7 Å². The summed E-state index contributed by atoms with van der Waals surface area (Å²) in [6, 6.07) is 23.3. The van der Waals surface area contributed by atoms with Crippen LogP contribution in [-0.4, -0.2) is 58.1 Å². The molecule has 0 aliphatic carbocycles. The summed E-state index contributed by atoms with van der Waals surface area (Å²) in [7, 11) is 3.20. The van der Waals surface area contributed by atoms with Crippen molar-refractivity contribution >= 4 is 40.1 Å². The smallest absolute Gasteiger partial charge is 0.145 e. The minimum Gasteiger partial charge on any atom is -0.509 e. The molecule has 1 aromatic heterocycles. The van der Waals surface area contributed by atoms with Crippen molar-refractivity contribution in [1.82, 2.24) is 14.3 Å². The molecule has 0 unspecified atom stereocenters. The fourth-order valence-corrected chi connectivity index (χ4v) is 6.03. The summed E-state index contributed by atoms with van der Waals surface area (Å²) in [4.78, 5) is 11.0. The third-order valence-electron chi connectivity index (χ3n) is 6.64. The lowest BCUT2D eigenvalue weighted by molar-refractivity contribution is 0.159. The van der Waals surface area contributed by atoms with Gasteiger partial charge in [-0.2, -0.15) is 0 Å². The molecule has 0 amide bonds. The van der Waals surface area contributed by atoms with Gasteiger partial charge in [0.1, 0.15) is 34.5 Å². The van der Waals surface area contributed by atoms with E-state index in [0.29, 0.717) is 41.7 Å². The van der Waals surface area contributed by atoms with Crippen LogP contribution in [0.5, 0.6) is 11.5 Å². The van der Waals surface area contributed by atoms with Crippen LogP contribution in [0.1, 0.15) is 5.82 Å². The second kappa shape index (κ2) is 8.61. The molecule has 6 rings (SSSR count). The number of amidine groups is 1. The van der Waals surface area contributed by atoms with Gasteiger partial charge in [0.25, 0.3) is 0 Å². The Kier molecular flexibility index (Phi) is 5.39. The zero-order valence-electron chi connectivity index (χ0n) is 19.9. The minimum absolute atomic E-state index is 0.137. The van der Waals surface area contributed by atoms with Gasteiger partial charge in [0.05, 0.1) is 36.5 Å². The molecule has 4 aromatic rings. The highest BCUT2D eigenvalue weighted by atomic mass is 32.2. The van der Waals surface area contributed by atoms with Gasteiger partial charge in [0.2, 0.25) is 0 Å². The molecule has 1 spiro atoms. The van der Waals surface area contributed by atoms with Gasteiger partial charge in [-0.05, 0) is 36.2 Å². The maximum Gasteiger partial charge on any atom is 0.145 e. The van der Waals surface area contributed by atoms with Gasteiger partial charge in [-0.25, -0.2) is 9.29 Å². The summed E-state index contributed by atoms with van der Waals surface area (Å²) in [5.74, 6) is 2.01. The number of methoxy groups -OCH3 is 2. The number of nitrogens with zero attached hydrogens (tertiary/aromatic N) is 3. The molecule has 8 nitrogen and oxygen atoms in total. The minimum atomic E-state index is -0.815. The number of imidazole rings is 1. The predicted molar refractivity (Wildman–Crippen MR) is 142 cm³/mol. The fourth-order valence-electron chi connectivity index (χ4n) is 4.89. The lowest BCUT2D eigenvalue weighted by Gasteiger charge is -2.52. The van der Waals surface area contributed by atoms with Crippen LogP contribution >= 0.6 is 11.9 Å². The normalized spacial score (nSPS) is 17.2. The first-order chi connectivity index (χ1) is 17.5. The Bertz CT molecular complexity index is 1440. The van der Waals surface area contributed by atoms with Crippen LogP contribution in [0.4, 0.5) is 5.69 Å². The molecule has 0 bridgehead atoms. The van der Waals surface area contributed by atoms with E-state index in [4.69, 9.17) is 14.5 Å². The van der Waals surface area contributed by atoms with E-state index in [9.17, 15) is 10.5 Å². The number of H-pyrrole nitrogens is 1. The molecule has 36 heavy (non-hydrogen) atoms. The van der Waals surface area contributed by atoms with Gasteiger partial charge in [-0.3, -0.25) is 5.41 Å². The number of benzene rings is 3. The van der Waals surface area contributed by atoms with Gasteiger partial charge in [0.15, 0.2) is 0 Å². The molecular weight excluding hydrogens is 474 g/mol. The van der Waals surface area contributed by atoms with Crippen LogP contribution < -0.4 is 14.4 Å². The number of hydrogen-bond acceptors (Lipinski definition) is 7. The third-order valence-corrected chi connectivity index (χ3v) is 7.64. The molecule has 182 valence electrons. The first kappa shape index (κ1) is 22.5. The summed E-state index contributed by atoms with van der Waals surface area (Å²) in [5, 5.41) is 20.9. The number of nitrogens with one attached hydrogen (secondary N) is 2. The molecule has 0 radical (unpaired) electrons. The predicted octanol–water partition coefficient (Wildman–Crippen LogP) is 5.11. The van der Waals surface area contributed by atoms with Crippen LogP contribution in [0.3, 0.4) is 0 Å². The number of fused-ring (bicyclic) bond motifs is 1. The first-order valence-electron chi connectivity index (χ1n) is 11.5. The van der Waals surface area contributed by atoms with E-state index in [1.165, 1.54) is 0 Å². The van der Waals surface area contributed by atoms with Crippen molar-refractivity contribution in [2.24, 2.45) is 0 Å². The molecule has 3 N–H and O–H groups in total. The van der Waals surface area contributed by atoms with E-state index in [1.54, 1.807) is 32.2 Å². The van der Waals surface area contributed by atoms with Crippen LogP contribution in [-0.2, 0) is 0 Å². The Labute approximate surface area is 212 Å². The zero-order chi connectivity index (χ0) is 24.9. The standard InChI is InChI=1S/C27H25N5O3S/c1-34-18-12-17(13-19(14-18)35-2)32-25(28)23(26-29-21-10-6-7-11-22(21)30-26)24(33)27(32)15-31(16-27)36-20-8-4-3-5-9-20/h3-14,28,33H,15-16H2,1-2H3,(H,29,30). The second-order valence-electron chi connectivity index (χ2n) is 8.82. The summed E-state index contributed by atoms with van der Waals surface area (Å²) in [6.07, 6.45) is 0. The first-order valence-corrected chi connectivity index (χ1v) is 12.3. The monoisotopic (exact) mass is 499 g/mol. The molecule has 0 atom stereocenters. The van der Waals surface area contributed by atoms with E-state index in [0.717, 1.165) is 15.9 Å². The van der Waals surface area contributed by atoms with Gasteiger partial charge in [-0.1, -0.05) is 30.3 Å². The Morgan fingerprint density at radius 2 is 1.64 bits per heavy atom. The van der Waals surface area contributed by atoms with Crippen molar-refractivity contribution in [2.45, 2.75) is 10.4 Å². The van der Waals surface area contributed by atoms with E-state index in [-0.39, 0.29) is 11.6 Å². The van der Waals surface area contributed by atoms with E-state index < -0.39 is 5.54 Å². The number of aliphatic hydroxyl groups is 1. The second-order valence-corrected chi connectivity index (χ2v) is 9.99. The molecule has 2 aliphatic rings. The number of aromatic nitrogens is 2. The highest BCUT2D eigenvalue weighted by Gasteiger charge is 2.59. The molecule has 3 aromatic carbocycles. The third kappa shape index (κ3) is 3.51. The number of hydrogen-bond donors (Lipinski definition) is 3. The Hall–Kier alpha value is -3.95. The Morgan fingerprint density at radius 1 is 0.972 bits per heavy atom. The maximum atomic E-state index is 11.7. The Balaban J connectivity index is 1.44. The number of rotatable bonds is 6. The molecule has 0 saturated carbocycles. The van der Waals surface area contributed by atoms with E-state index in [1.807, 2.05) is 59.5 Å². The summed E-state index contributed by atoms with van der Waals surface area (Å²) in [6.45, 7) is 1.04. The SMILES string of the molecule is COc1cc(OC)cc(N2C(=N)C(c3nc4ccccc4[nH]3)=C(O)C23CN(Sc2ccccc2)C3)c1. The largest absolute Gasteiger partial charge is 0.509 e. The lowest BCUT2D eigenvalue weighted by Crippen LogP contribution is -2.68. The maximum absolute atomic E-state index is 11.7. The molecule has 1 saturated heterocycles. The van der Waals surface area contributed by atoms with Crippen molar-refractivity contribution in [1.29, 1.82) is 5.41 Å². The average Bonchev–Trinajstić information content (AvgIpc) is 3.40. The van der Waals surface area contributed by atoms with Crippen molar-refractivity contribution in [3.8, 4) is 11.5 Å². The summed E-state index contributed by atoms with van der Waals surface area (Å²) in [5.41, 5.74) is 1.93. The van der Waals surface area contributed by atoms with E-state index >= 15 is 0 Å². The lowest BCUT2D eigenvalue weighted by atomic mass is 9.88. The zero-order valence-corrected chi connectivity index (χ0v) is 20.7. The fraction of sp³-hybridized carbons (Fsp3) is 0.185. The number of anilines is 1. The van der Waals surface area contributed by atoms with Crippen molar-refractivity contribution in [3.63, 3.8) is 0 Å². The Morgan fingerprint density at radius 3 is 2.31 bits per heavy atom. The van der Waals surface area contributed by atoms with Crippen LogP contribution in [0, 0.1) is 5.41 Å². The number of aliphatic hydroxyl groups excluding tert-OH is 1. The molecule has 9 heteroatoms. The van der Waals surface area contributed by atoms with Crippen LogP contribution in [0.2, 0.25) is 0 Å². The van der Waals surface area contributed by atoms with Crippen molar-refractivity contribution < 1.29 is 14.6 Å². The van der Waals surface area contributed by atoms with Gasteiger partial charge in [-0.15, -0.1) is 0 Å². The molecule has 1 fully saturated rings. The van der Waals surface area contributed by atoms with Crippen molar-refractivity contribution in [3.05, 3.63) is 84.4 Å². The van der Waals surface area contributed by atoms with Crippen LogP contribution in [0.25, 0.3) is 16.6 Å². The molecule has 2 aliphatic heterocycles. The van der Waals surface area contributed by atoms with Crippen molar-refractivity contribution in [2.75, 3.05) is 32.2 Å². The molecular formula is C27H25N5O3S. The highest BCUT2D eigenvalue weighted by molar-refractivity contribution is 7.97. The number of ether oxygens (including phenoxy) is 2. The summed E-state index contributed by atoms with van der Waals surface area (Å²) >= 11 is 1.64. The van der Waals surface area contributed by atoms with Crippen LogP contribution in [0.15, 0.2) is 83.5 Å². The number of para-hydroxylation sites is 2. The molecule has 3 heterocycles. The van der Waals surface area contributed by atoms with Gasteiger partial charge in [0, 0.05) is 36.2 Å². The average molecular weight is 500 g/mol. The number of aromatic amines is 1. The highest BCUT2D eigenvalue weighted by Crippen LogP contribution is 2.50. The quantitative estimate of drug-likeness (QED) is 0.317.